The van der Waals surface area contributed by atoms with Gasteiger partial charge in [0.1, 0.15) is 5.82 Å². The van der Waals surface area contributed by atoms with Crippen LogP contribution in [0.4, 0.5) is 19.0 Å². The van der Waals surface area contributed by atoms with Gasteiger partial charge in [0.25, 0.3) is 0 Å². The van der Waals surface area contributed by atoms with E-state index in [4.69, 9.17) is 5.73 Å². The summed E-state index contributed by atoms with van der Waals surface area (Å²) in [5, 5.41) is 3.27. The van der Waals surface area contributed by atoms with Crippen molar-refractivity contribution in [1.29, 1.82) is 0 Å². The van der Waals surface area contributed by atoms with Crippen LogP contribution in [0.2, 0.25) is 0 Å². The van der Waals surface area contributed by atoms with Crippen molar-refractivity contribution < 1.29 is 17.9 Å². The third kappa shape index (κ3) is 6.13. The van der Waals surface area contributed by atoms with E-state index in [9.17, 15) is 13.2 Å². The van der Waals surface area contributed by atoms with E-state index < -0.39 is 12.1 Å². The molecule has 1 saturated heterocycles. The maximum absolute atomic E-state index is 12.3. The van der Waals surface area contributed by atoms with Crippen molar-refractivity contribution in [2.75, 3.05) is 18.8 Å². The molecule has 6 nitrogen and oxygen atoms in total. The van der Waals surface area contributed by atoms with Crippen molar-refractivity contribution >= 4 is 5.82 Å². The number of nitrogens with two attached hydrogens (primary N) is 1. The first-order chi connectivity index (χ1) is 12.8. The molecule has 2 aliphatic rings. The van der Waals surface area contributed by atoms with Gasteiger partial charge < -0.3 is 20.8 Å². The van der Waals surface area contributed by atoms with Crippen LogP contribution in [0.15, 0.2) is 18.5 Å². The second-order valence-corrected chi connectivity index (χ2v) is 7.14. The van der Waals surface area contributed by atoms with Gasteiger partial charge in [-0.1, -0.05) is 6.92 Å². The third-order valence-electron chi connectivity index (χ3n) is 4.53. The van der Waals surface area contributed by atoms with E-state index in [0.29, 0.717) is 17.2 Å². The largest absolute Gasteiger partial charge is 0.573 e. The second-order valence-electron chi connectivity index (χ2n) is 7.14. The molecule has 2 aromatic heterocycles. The number of anilines is 1. The number of alkyl halides is 3. The summed E-state index contributed by atoms with van der Waals surface area (Å²) < 4.78 is 40.7. The summed E-state index contributed by atoms with van der Waals surface area (Å²) in [6.45, 7) is 4.75. The minimum Gasteiger partial charge on any atom is -0.402 e. The molecule has 1 saturated carbocycles. The van der Waals surface area contributed by atoms with E-state index >= 15 is 0 Å². The molecule has 1 atom stereocenters. The van der Waals surface area contributed by atoms with Crippen molar-refractivity contribution in [2.45, 2.75) is 39.0 Å². The fourth-order valence-electron chi connectivity index (χ4n) is 2.82. The number of H-pyrrole nitrogens is 1. The molecule has 1 unspecified atom stereocenters. The third-order valence-corrected chi connectivity index (χ3v) is 4.53. The van der Waals surface area contributed by atoms with Gasteiger partial charge in [0.2, 0.25) is 0 Å². The summed E-state index contributed by atoms with van der Waals surface area (Å²) in [6, 6.07) is 1.20. The van der Waals surface area contributed by atoms with Crippen molar-refractivity contribution in [2.24, 2.45) is 11.8 Å². The summed E-state index contributed by atoms with van der Waals surface area (Å²) >= 11 is 0. The number of halogens is 3. The van der Waals surface area contributed by atoms with Crippen LogP contribution in [-0.2, 0) is 6.42 Å². The van der Waals surface area contributed by atoms with E-state index in [1.54, 1.807) is 6.20 Å². The number of imidazole rings is 1. The summed E-state index contributed by atoms with van der Waals surface area (Å²) in [4.78, 5) is 11.0. The lowest BCUT2D eigenvalue weighted by Gasteiger charge is -2.11. The van der Waals surface area contributed by atoms with Crippen LogP contribution in [0.25, 0.3) is 11.3 Å². The predicted molar refractivity (Wildman–Crippen MR) is 96.0 cm³/mol. The van der Waals surface area contributed by atoms with Gasteiger partial charge in [0, 0.05) is 18.2 Å². The maximum Gasteiger partial charge on any atom is 0.573 e. The van der Waals surface area contributed by atoms with E-state index in [1.165, 1.54) is 44.6 Å². The number of rotatable bonds is 4. The maximum atomic E-state index is 12.3. The highest BCUT2D eigenvalue weighted by molar-refractivity contribution is 5.63. The van der Waals surface area contributed by atoms with Crippen LogP contribution in [0, 0.1) is 11.8 Å². The Kier molecular flexibility index (Phi) is 5.88. The number of aromatic amines is 1. The number of nitrogens with zero attached hydrogens (tertiary/aromatic N) is 2. The van der Waals surface area contributed by atoms with Crippen molar-refractivity contribution in [1.82, 2.24) is 20.3 Å². The Morgan fingerprint density at radius 3 is 2.56 bits per heavy atom. The topological polar surface area (TPSA) is 88.9 Å². The van der Waals surface area contributed by atoms with Crippen molar-refractivity contribution in [3.63, 3.8) is 0 Å². The molecule has 2 aromatic rings. The molecule has 0 spiro atoms. The number of hydrogen-bond donors (Lipinski definition) is 3. The highest BCUT2D eigenvalue weighted by Crippen LogP contribution is 2.33. The molecule has 27 heavy (non-hydrogen) atoms. The quantitative estimate of drug-likeness (QED) is 0.752. The Morgan fingerprint density at radius 2 is 2.00 bits per heavy atom. The van der Waals surface area contributed by atoms with E-state index in [1.807, 2.05) is 0 Å². The van der Waals surface area contributed by atoms with Crippen LogP contribution in [0.5, 0.6) is 5.75 Å². The van der Waals surface area contributed by atoms with Gasteiger partial charge in [-0.25, -0.2) is 9.97 Å². The zero-order valence-corrected chi connectivity index (χ0v) is 15.1. The molecule has 0 radical (unpaired) electrons. The molecule has 3 heterocycles. The van der Waals surface area contributed by atoms with Gasteiger partial charge in [0.15, 0.2) is 11.6 Å². The molecule has 148 valence electrons. The minimum absolute atomic E-state index is 0.311. The van der Waals surface area contributed by atoms with Crippen LogP contribution in [0.1, 0.15) is 32.0 Å². The highest BCUT2D eigenvalue weighted by Gasteiger charge is 2.32. The van der Waals surface area contributed by atoms with Crippen LogP contribution in [-0.4, -0.2) is 34.4 Å². The number of nitrogens with one attached hydrogen (secondary N) is 2. The second kappa shape index (κ2) is 8.16. The van der Waals surface area contributed by atoms with Crippen LogP contribution >= 0.6 is 0 Å². The Bertz CT molecular complexity index is 752. The summed E-state index contributed by atoms with van der Waals surface area (Å²) in [5.74, 6) is 1.59. The normalized spacial score (nSPS) is 19.5. The molecular weight excluding hydrogens is 359 g/mol. The van der Waals surface area contributed by atoms with Gasteiger partial charge in [-0.2, -0.15) is 0 Å². The molecule has 4 N–H and O–H groups in total. The first kappa shape index (κ1) is 19.5. The van der Waals surface area contributed by atoms with E-state index in [-0.39, 0.29) is 5.82 Å². The zero-order chi connectivity index (χ0) is 19.4. The number of aromatic nitrogens is 3. The van der Waals surface area contributed by atoms with Gasteiger partial charge in [-0.05, 0) is 50.3 Å². The molecule has 1 aliphatic carbocycles. The summed E-state index contributed by atoms with van der Waals surface area (Å²) in [7, 11) is 0. The highest BCUT2D eigenvalue weighted by atomic mass is 19.4. The average molecular weight is 383 g/mol. The number of nitrogen functional groups attached to an aromatic ring is 1. The molecule has 0 amide bonds. The molecule has 1 aliphatic heterocycles. The van der Waals surface area contributed by atoms with Crippen molar-refractivity contribution in [3.8, 4) is 17.0 Å². The fraction of sp³-hybridized carbons (Fsp3) is 0.556. The fourth-order valence-corrected chi connectivity index (χ4v) is 2.82. The number of hydrogen-bond acceptors (Lipinski definition) is 5. The minimum atomic E-state index is -4.81. The zero-order valence-electron chi connectivity index (χ0n) is 15.1. The lowest BCUT2D eigenvalue weighted by Crippen LogP contribution is -2.18. The smallest absolute Gasteiger partial charge is 0.402 e. The Labute approximate surface area is 155 Å². The number of pyridine rings is 1. The Balaban J connectivity index is 0.000000299. The molecule has 0 aromatic carbocycles. The van der Waals surface area contributed by atoms with Gasteiger partial charge >= 0.3 is 6.36 Å². The summed E-state index contributed by atoms with van der Waals surface area (Å²) in [6.07, 6.45) is 2.77. The lowest BCUT2D eigenvalue weighted by atomic mass is 10.2. The first-order valence-electron chi connectivity index (χ1n) is 9.06. The molecule has 9 heteroatoms. The average Bonchev–Trinajstić information content (AvgIpc) is 3.05. The SMILES string of the molecule is CC1CCNC1.Nc1ncc(-c2cnc(CC3CC3)[nH]2)cc1OC(F)(F)F. The molecule has 0 bridgehead atoms. The first-order valence-corrected chi connectivity index (χ1v) is 9.06. The van der Waals surface area contributed by atoms with Crippen LogP contribution < -0.4 is 15.8 Å². The molecule has 2 fully saturated rings. The van der Waals surface area contributed by atoms with Crippen LogP contribution in [0.3, 0.4) is 0 Å². The molecule has 4 rings (SSSR count). The van der Waals surface area contributed by atoms with Gasteiger partial charge in [-0.3, -0.25) is 0 Å². The van der Waals surface area contributed by atoms with Gasteiger partial charge in [0.05, 0.1) is 11.9 Å². The predicted octanol–water partition coefficient (Wildman–Crippen LogP) is 3.52. The Hall–Kier alpha value is -2.29. The van der Waals surface area contributed by atoms with E-state index in [0.717, 1.165) is 18.2 Å². The van der Waals surface area contributed by atoms with Gasteiger partial charge in [-0.15, -0.1) is 13.2 Å². The standard InChI is InChI=1S/C13H13F3N4O.C5H11N/c14-13(15,16)21-10-4-8(5-19-12(10)17)9-6-18-11(20-9)3-7-1-2-7;1-5-2-3-6-4-5/h4-7H,1-3H2,(H2,17,19)(H,18,20);5-6H,2-4H2,1H3. The Morgan fingerprint density at radius 1 is 1.22 bits per heavy atom. The lowest BCUT2D eigenvalue weighted by molar-refractivity contribution is -0.274. The summed E-state index contributed by atoms with van der Waals surface area (Å²) in [5.41, 5.74) is 6.42. The van der Waals surface area contributed by atoms with Crippen molar-refractivity contribution in [3.05, 3.63) is 24.3 Å². The van der Waals surface area contributed by atoms with E-state index in [2.05, 4.69) is 31.9 Å². The monoisotopic (exact) mass is 383 g/mol. The molecular formula is C18H24F3N5O. The number of ether oxygens (including phenoxy) is 1.